The zero-order chi connectivity index (χ0) is 16.5. The van der Waals surface area contributed by atoms with Crippen LogP contribution in [0.4, 0.5) is 0 Å². The Balaban J connectivity index is 0. The third-order valence-electron chi connectivity index (χ3n) is 2.35. The smallest absolute Gasteiger partial charge is 0.0274 e. The maximum absolute atomic E-state index is 3.03. The lowest BCUT2D eigenvalue weighted by Gasteiger charge is -1.93. The lowest BCUT2D eigenvalue weighted by atomic mass is 10.1. The monoisotopic (exact) mass is 282 g/mol. The van der Waals surface area contributed by atoms with Crippen molar-refractivity contribution in [3.05, 3.63) is 71.3 Å². The molecule has 21 heavy (non-hydrogen) atoms. The molecule has 0 amide bonds. The minimum atomic E-state index is 1.13. The van der Waals surface area contributed by atoms with Crippen LogP contribution in [0.5, 0.6) is 0 Å². The first kappa shape index (κ1) is 21.3. The predicted molar refractivity (Wildman–Crippen MR) is 97.6 cm³/mol. The summed E-state index contributed by atoms with van der Waals surface area (Å²) in [6.45, 7) is 14.0. The quantitative estimate of drug-likeness (QED) is 0.489. The summed E-state index contributed by atoms with van der Waals surface area (Å²) in [5, 5.41) is 0. The highest BCUT2D eigenvalue weighted by molar-refractivity contribution is 5.39. The molecular weight excluding hydrogens is 252 g/mol. The second kappa shape index (κ2) is 16.1. The van der Waals surface area contributed by atoms with E-state index in [-0.39, 0.29) is 0 Å². The van der Waals surface area contributed by atoms with Gasteiger partial charge in [0.2, 0.25) is 0 Å². The molecule has 0 fully saturated rings. The molecule has 0 radical (unpaired) electrons. The molecule has 0 saturated carbocycles. The molecule has 0 atom stereocenters. The van der Waals surface area contributed by atoms with Gasteiger partial charge in [0, 0.05) is 5.56 Å². The first-order valence-corrected chi connectivity index (χ1v) is 7.74. The summed E-state index contributed by atoms with van der Waals surface area (Å²) >= 11 is 0. The first-order chi connectivity index (χ1) is 10.2. The zero-order valence-corrected chi connectivity index (χ0v) is 14.7. The van der Waals surface area contributed by atoms with Gasteiger partial charge >= 0.3 is 0 Å². The molecule has 0 aliphatic carbocycles. The Kier molecular flexibility index (Phi) is 16.3. The van der Waals surface area contributed by atoms with Crippen LogP contribution < -0.4 is 0 Å². The second-order valence-corrected chi connectivity index (χ2v) is 3.84. The Labute approximate surface area is 132 Å². The molecule has 0 aliphatic heterocycles. The summed E-state index contributed by atoms with van der Waals surface area (Å²) < 4.78 is 0. The van der Waals surface area contributed by atoms with Crippen LogP contribution in [0.1, 0.15) is 51.3 Å². The highest BCUT2D eigenvalue weighted by Crippen LogP contribution is 2.03. The van der Waals surface area contributed by atoms with Crippen molar-refractivity contribution < 1.29 is 0 Å². The van der Waals surface area contributed by atoms with Crippen molar-refractivity contribution in [2.45, 2.75) is 48.5 Å². The van der Waals surface area contributed by atoms with Crippen LogP contribution in [0.2, 0.25) is 0 Å². The van der Waals surface area contributed by atoms with E-state index in [4.69, 9.17) is 0 Å². The van der Waals surface area contributed by atoms with Crippen LogP contribution in [0.25, 0.3) is 0 Å². The normalized spacial score (nSPS) is 7.38. The first-order valence-electron chi connectivity index (χ1n) is 7.74. The van der Waals surface area contributed by atoms with Gasteiger partial charge in [-0.15, -0.1) is 5.92 Å². The third-order valence-corrected chi connectivity index (χ3v) is 2.35. The van der Waals surface area contributed by atoms with Gasteiger partial charge in [0.1, 0.15) is 0 Å². The van der Waals surface area contributed by atoms with Gasteiger partial charge in [0.15, 0.2) is 0 Å². The van der Waals surface area contributed by atoms with Crippen LogP contribution in [-0.4, -0.2) is 0 Å². The van der Waals surface area contributed by atoms with Crippen molar-refractivity contribution in [3.63, 3.8) is 0 Å². The molecule has 114 valence electrons. The number of benzene rings is 2. The third kappa shape index (κ3) is 11.5. The largest absolute Gasteiger partial charge is 0.101 e. The van der Waals surface area contributed by atoms with Gasteiger partial charge in [-0.05, 0) is 32.4 Å². The van der Waals surface area contributed by atoms with E-state index in [0.29, 0.717) is 0 Å². The molecule has 0 aromatic heterocycles. The lowest BCUT2D eigenvalue weighted by molar-refractivity contribution is 1.44. The van der Waals surface area contributed by atoms with Crippen molar-refractivity contribution in [1.29, 1.82) is 0 Å². The van der Waals surface area contributed by atoms with Crippen molar-refractivity contribution in [2.24, 2.45) is 0 Å². The summed E-state index contributed by atoms with van der Waals surface area (Å²) in [4.78, 5) is 0. The second-order valence-electron chi connectivity index (χ2n) is 3.84. The highest BCUT2D eigenvalue weighted by Gasteiger charge is 1.88. The highest BCUT2D eigenvalue weighted by atomic mass is 13.9. The Hall–Kier alpha value is -2.00. The van der Waals surface area contributed by atoms with Gasteiger partial charge < -0.3 is 0 Å². The van der Waals surface area contributed by atoms with E-state index in [2.05, 4.69) is 43.9 Å². The van der Waals surface area contributed by atoms with E-state index in [0.717, 1.165) is 5.56 Å². The summed E-state index contributed by atoms with van der Waals surface area (Å²) in [5.74, 6) is 5.90. The molecule has 0 bridgehead atoms. The van der Waals surface area contributed by atoms with Gasteiger partial charge in [0.25, 0.3) is 0 Å². The van der Waals surface area contributed by atoms with Gasteiger partial charge in [-0.25, -0.2) is 0 Å². The number of hydrogen-bond acceptors (Lipinski definition) is 0. The average Bonchev–Trinajstić information content (AvgIpc) is 2.55. The molecule has 0 saturated heterocycles. The van der Waals surface area contributed by atoms with Crippen LogP contribution >= 0.6 is 0 Å². The number of hydrogen-bond donors (Lipinski definition) is 0. The maximum atomic E-state index is 3.03. The summed E-state index contributed by atoms with van der Waals surface area (Å²) in [6.07, 6.45) is 0. The molecule has 0 nitrogen and oxygen atoms in total. The van der Waals surface area contributed by atoms with Gasteiger partial charge in [0.05, 0.1) is 0 Å². The molecule has 2 rings (SSSR count). The molecule has 0 heteroatoms. The van der Waals surface area contributed by atoms with Crippen LogP contribution in [0.15, 0.2) is 54.6 Å². The fourth-order valence-corrected chi connectivity index (χ4v) is 1.38. The Morgan fingerprint density at radius 2 is 1.14 bits per heavy atom. The Morgan fingerprint density at radius 3 is 1.52 bits per heavy atom. The van der Waals surface area contributed by atoms with Crippen molar-refractivity contribution in [1.82, 2.24) is 0 Å². The summed E-state index contributed by atoms with van der Waals surface area (Å²) in [5.41, 5.74) is 3.70. The minimum Gasteiger partial charge on any atom is -0.101 e. The van der Waals surface area contributed by atoms with Crippen molar-refractivity contribution >= 4 is 0 Å². The van der Waals surface area contributed by atoms with E-state index < -0.39 is 0 Å². The van der Waals surface area contributed by atoms with Crippen LogP contribution in [-0.2, 0) is 0 Å². The fourth-order valence-electron chi connectivity index (χ4n) is 1.38. The molecule has 0 unspecified atom stereocenters. The molecule has 2 aromatic carbocycles. The zero-order valence-electron chi connectivity index (χ0n) is 14.7. The van der Waals surface area contributed by atoms with E-state index in [1.807, 2.05) is 71.0 Å². The Morgan fingerprint density at radius 1 is 0.667 bits per heavy atom. The van der Waals surface area contributed by atoms with Crippen LogP contribution in [0, 0.1) is 25.7 Å². The topological polar surface area (TPSA) is 0 Å². The predicted octanol–water partition coefficient (Wildman–Crippen LogP) is 6.41. The van der Waals surface area contributed by atoms with Gasteiger partial charge in [-0.1, -0.05) is 87.7 Å². The van der Waals surface area contributed by atoms with E-state index in [1.165, 1.54) is 11.1 Å². The fraction of sp³-hybridized carbons (Fsp3) is 0.333. The minimum absolute atomic E-state index is 1.13. The lowest BCUT2D eigenvalue weighted by Crippen LogP contribution is -1.78. The van der Waals surface area contributed by atoms with Crippen molar-refractivity contribution in [3.8, 4) is 11.8 Å². The molecule has 0 heterocycles. The molecule has 0 N–H and O–H groups in total. The molecule has 2 aromatic rings. The Bertz CT molecular complexity index is 498. The van der Waals surface area contributed by atoms with E-state index >= 15 is 0 Å². The SMILES string of the molecule is CC.CC.CC#Cc1ccccc1C.Cc1ccccc1. The van der Waals surface area contributed by atoms with Gasteiger partial charge in [-0.3, -0.25) is 0 Å². The van der Waals surface area contributed by atoms with Crippen molar-refractivity contribution in [2.75, 3.05) is 0 Å². The van der Waals surface area contributed by atoms with Crippen LogP contribution in [0.3, 0.4) is 0 Å². The summed E-state index contributed by atoms with van der Waals surface area (Å²) in [6, 6.07) is 18.4. The summed E-state index contributed by atoms with van der Waals surface area (Å²) in [7, 11) is 0. The van der Waals surface area contributed by atoms with E-state index in [1.54, 1.807) is 0 Å². The molecule has 0 spiro atoms. The molecular formula is C21H30. The molecule has 0 aliphatic rings. The number of aryl methyl sites for hydroxylation is 2. The van der Waals surface area contributed by atoms with Gasteiger partial charge in [-0.2, -0.15) is 0 Å². The number of rotatable bonds is 0. The standard InChI is InChI=1S/C10H10.C7H8.2C2H6/c1-3-6-10-8-5-4-7-9(10)2;1-7-5-3-2-4-6-7;2*1-2/h4-5,7-8H,1-2H3;2-6H,1H3;2*1-2H3. The maximum Gasteiger partial charge on any atom is 0.0274 e. The van der Waals surface area contributed by atoms with E-state index in [9.17, 15) is 0 Å². The average molecular weight is 282 g/mol.